The van der Waals surface area contributed by atoms with Gasteiger partial charge in [-0.3, -0.25) is 4.90 Å². The standard InChI is InChI=1S/C16H18ClN3O2/c1-10-18-16(22-19-10)14-7-11(17)5-6-15(14)21-9-13-8-20(13)12-3-2-4-12/h5-7,12-13H,2-4,8-9H2,1H3. The van der Waals surface area contributed by atoms with Gasteiger partial charge in [-0.1, -0.05) is 23.2 Å². The predicted molar refractivity (Wildman–Crippen MR) is 83.1 cm³/mol. The molecule has 22 heavy (non-hydrogen) atoms. The highest BCUT2D eigenvalue weighted by molar-refractivity contribution is 6.30. The molecule has 2 heterocycles. The Bertz CT molecular complexity index is 684. The van der Waals surface area contributed by atoms with Crippen molar-refractivity contribution in [1.82, 2.24) is 15.0 Å². The Hall–Kier alpha value is -1.59. The summed E-state index contributed by atoms with van der Waals surface area (Å²) >= 11 is 6.09. The topological polar surface area (TPSA) is 51.2 Å². The van der Waals surface area contributed by atoms with Crippen molar-refractivity contribution in [2.45, 2.75) is 38.3 Å². The van der Waals surface area contributed by atoms with E-state index in [1.807, 2.05) is 12.1 Å². The fraction of sp³-hybridized carbons (Fsp3) is 0.500. The van der Waals surface area contributed by atoms with Crippen LogP contribution in [0.3, 0.4) is 0 Å². The summed E-state index contributed by atoms with van der Waals surface area (Å²) in [5, 5.41) is 4.46. The minimum Gasteiger partial charge on any atom is -0.491 e. The van der Waals surface area contributed by atoms with Gasteiger partial charge in [-0.15, -0.1) is 0 Å². The van der Waals surface area contributed by atoms with Gasteiger partial charge in [0.25, 0.3) is 5.89 Å². The molecule has 4 rings (SSSR count). The molecule has 2 unspecified atom stereocenters. The number of ether oxygens (including phenoxy) is 1. The summed E-state index contributed by atoms with van der Waals surface area (Å²) < 4.78 is 11.2. The first-order valence-corrected chi connectivity index (χ1v) is 8.07. The van der Waals surface area contributed by atoms with Gasteiger partial charge >= 0.3 is 0 Å². The van der Waals surface area contributed by atoms with E-state index in [0.717, 1.165) is 23.9 Å². The Morgan fingerprint density at radius 3 is 2.95 bits per heavy atom. The van der Waals surface area contributed by atoms with E-state index < -0.39 is 0 Å². The lowest BCUT2D eigenvalue weighted by Crippen LogP contribution is -2.29. The first-order valence-electron chi connectivity index (χ1n) is 7.69. The van der Waals surface area contributed by atoms with E-state index in [2.05, 4.69) is 15.0 Å². The van der Waals surface area contributed by atoms with Crippen molar-refractivity contribution in [3.05, 3.63) is 29.0 Å². The van der Waals surface area contributed by atoms with Crippen LogP contribution in [0.15, 0.2) is 22.7 Å². The van der Waals surface area contributed by atoms with Gasteiger partial charge in [0.05, 0.1) is 11.6 Å². The molecule has 0 N–H and O–H groups in total. The molecule has 1 aromatic heterocycles. The van der Waals surface area contributed by atoms with Gasteiger partial charge in [0.2, 0.25) is 0 Å². The Labute approximate surface area is 134 Å². The molecule has 6 heteroatoms. The second-order valence-electron chi connectivity index (χ2n) is 6.03. The summed E-state index contributed by atoms with van der Waals surface area (Å²) in [6.45, 7) is 3.63. The third-order valence-corrected chi connectivity index (χ3v) is 4.67. The molecule has 116 valence electrons. The number of nitrogens with zero attached hydrogens (tertiary/aromatic N) is 3. The van der Waals surface area contributed by atoms with Crippen LogP contribution in [0.1, 0.15) is 25.1 Å². The summed E-state index contributed by atoms with van der Waals surface area (Å²) in [5.74, 6) is 1.79. The van der Waals surface area contributed by atoms with Gasteiger partial charge in [-0.05, 0) is 38.0 Å². The molecule has 2 fully saturated rings. The summed E-state index contributed by atoms with van der Waals surface area (Å²) in [5.41, 5.74) is 0.754. The predicted octanol–water partition coefficient (Wildman–Crippen LogP) is 3.31. The quantitative estimate of drug-likeness (QED) is 0.791. The number of aryl methyl sites for hydroxylation is 1. The second kappa shape index (κ2) is 5.56. The van der Waals surface area contributed by atoms with Crippen LogP contribution in [0.2, 0.25) is 5.02 Å². The van der Waals surface area contributed by atoms with Crippen molar-refractivity contribution >= 4 is 11.6 Å². The lowest BCUT2D eigenvalue weighted by atomic mass is 9.93. The van der Waals surface area contributed by atoms with Crippen molar-refractivity contribution in [2.75, 3.05) is 13.2 Å². The smallest absolute Gasteiger partial charge is 0.261 e. The van der Waals surface area contributed by atoms with E-state index in [1.54, 1.807) is 13.0 Å². The first kappa shape index (κ1) is 14.0. The molecule has 0 amide bonds. The molecule has 5 nitrogen and oxygen atoms in total. The molecule has 2 aromatic rings. The average Bonchev–Trinajstić information content (AvgIpc) is 3.05. The Balaban J connectivity index is 1.47. The molecular formula is C16H18ClN3O2. The third-order valence-electron chi connectivity index (χ3n) is 4.43. The fourth-order valence-electron chi connectivity index (χ4n) is 2.90. The molecule has 1 saturated carbocycles. The molecule has 0 radical (unpaired) electrons. The van der Waals surface area contributed by atoms with Gasteiger partial charge in [-0.25, -0.2) is 0 Å². The lowest BCUT2D eigenvalue weighted by Gasteiger charge is -2.27. The van der Waals surface area contributed by atoms with Crippen LogP contribution in [0.5, 0.6) is 5.75 Å². The number of halogens is 1. The van der Waals surface area contributed by atoms with Crippen molar-refractivity contribution in [2.24, 2.45) is 0 Å². The number of hydrogen-bond donors (Lipinski definition) is 0. The van der Waals surface area contributed by atoms with Gasteiger partial charge in [0.15, 0.2) is 5.82 Å². The normalized spacial score (nSPS) is 24.1. The van der Waals surface area contributed by atoms with Gasteiger partial charge < -0.3 is 9.26 Å². The molecule has 0 bridgehead atoms. The summed E-state index contributed by atoms with van der Waals surface area (Å²) in [7, 11) is 0. The zero-order valence-electron chi connectivity index (χ0n) is 12.5. The molecule has 1 aromatic carbocycles. The number of rotatable bonds is 5. The maximum Gasteiger partial charge on any atom is 0.261 e. The van der Waals surface area contributed by atoms with Crippen LogP contribution in [0.4, 0.5) is 0 Å². The SMILES string of the molecule is Cc1noc(-c2cc(Cl)ccc2OCC2CN2C2CCC2)n1. The van der Waals surface area contributed by atoms with Gasteiger partial charge in [-0.2, -0.15) is 4.98 Å². The highest BCUT2D eigenvalue weighted by atomic mass is 35.5. The van der Waals surface area contributed by atoms with Crippen molar-refractivity contribution < 1.29 is 9.26 Å². The van der Waals surface area contributed by atoms with E-state index in [4.69, 9.17) is 20.9 Å². The molecular weight excluding hydrogens is 302 g/mol. The monoisotopic (exact) mass is 319 g/mol. The van der Waals surface area contributed by atoms with Crippen LogP contribution >= 0.6 is 11.6 Å². The zero-order valence-corrected chi connectivity index (χ0v) is 13.2. The maximum atomic E-state index is 6.09. The van der Waals surface area contributed by atoms with Gasteiger partial charge in [0.1, 0.15) is 12.4 Å². The van der Waals surface area contributed by atoms with Crippen LogP contribution in [-0.4, -0.2) is 40.3 Å². The first-order chi connectivity index (χ1) is 10.7. The van der Waals surface area contributed by atoms with Crippen LogP contribution in [-0.2, 0) is 0 Å². The summed E-state index contributed by atoms with van der Waals surface area (Å²) in [6.07, 6.45) is 4.04. The van der Waals surface area contributed by atoms with Gasteiger partial charge in [0, 0.05) is 17.6 Å². The maximum absolute atomic E-state index is 6.09. The zero-order chi connectivity index (χ0) is 15.1. The van der Waals surface area contributed by atoms with E-state index in [9.17, 15) is 0 Å². The molecule has 1 saturated heterocycles. The number of benzene rings is 1. The van der Waals surface area contributed by atoms with Crippen molar-refractivity contribution in [1.29, 1.82) is 0 Å². The second-order valence-corrected chi connectivity index (χ2v) is 6.47. The minimum absolute atomic E-state index is 0.446. The molecule has 2 atom stereocenters. The molecule has 1 aliphatic heterocycles. The van der Waals surface area contributed by atoms with Crippen LogP contribution < -0.4 is 4.74 Å². The third kappa shape index (κ3) is 2.71. The Morgan fingerprint density at radius 2 is 2.27 bits per heavy atom. The van der Waals surface area contributed by atoms with E-state index in [0.29, 0.717) is 29.4 Å². The number of hydrogen-bond acceptors (Lipinski definition) is 5. The molecule has 1 aliphatic carbocycles. The average molecular weight is 320 g/mol. The fourth-order valence-corrected chi connectivity index (χ4v) is 3.07. The highest BCUT2D eigenvalue weighted by Gasteiger charge is 2.42. The minimum atomic E-state index is 0.446. The Morgan fingerprint density at radius 1 is 1.41 bits per heavy atom. The highest BCUT2D eigenvalue weighted by Crippen LogP contribution is 2.35. The summed E-state index contributed by atoms with van der Waals surface area (Å²) in [6, 6.07) is 6.82. The summed E-state index contributed by atoms with van der Waals surface area (Å²) in [4.78, 5) is 6.79. The van der Waals surface area contributed by atoms with Crippen molar-refractivity contribution in [3.8, 4) is 17.2 Å². The molecule has 2 aliphatic rings. The molecule has 0 spiro atoms. The van der Waals surface area contributed by atoms with E-state index in [1.165, 1.54) is 19.3 Å². The van der Waals surface area contributed by atoms with E-state index >= 15 is 0 Å². The Kier molecular flexibility index (Phi) is 3.54. The van der Waals surface area contributed by atoms with Crippen LogP contribution in [0, 0.1) is 6.92 Å². The van der Waals surface area contributed by atoms with Crippen LogP contribution in [0.25, 0.3) is 11.5 Å². The van der Waals surface area contributed by atoms with E-state index in [-0.39, 0.29) is 0 Å². The van der Waals surface area contributed by atoms with Crippen molar-refractivity contribution in [3.63, 3.8) is 0 Å². The number of aromatic nitrogens is 2. The largest absolute Gasteiger partial charge is 0.491 e. The lowest BCUT2D eigenvalue weighted by molar-refractivity contribution is 0.215.